The van der Waals surface area contributed by atoms with Crippen LogP contribution < -0.4 is 14.8 Å². The van der Waals surface area contributed by atoms with E-state index in [0.717, 1.165) is 18.0 Å². The second-order valence-electron chi connectivity index (χ2n) is 5.80. The zero-order valence-corrected chi connectivity index (χ0v) is 13.7. The summed E-state index contributed by atoms with van der Waals surface area (Å²) in [7, 11) is 5.38. The van der Waals surface area contributed by atoms with E-state index >= 15 is 0 Å². The number of likely N-dealkylation sites (N-methyl/N-ethyl adjacent to an activating group) is 1. The minimum absolute atomic E-state index is 0.311. The van der Waals surface area contributed by atoms with Crippen molar-refractivity contribution in [3.8, 4) is 11.5 Å². The third kappa shape index (κ3) is 3.89. The van der Waals surface area contributed by atoms with E-state index in [-0.39, 0.29) is 0 Å². The van der Waals surface area contributed by atoms with E-state index in [9.17, 15) is 0 Å². The van der Waals surface area contributed by atoms with Crippen molar-refractivity contribution in [1.82, 2.24) is 10.2 Å². The van der Waals surface area contributed by atoms with Gasteiger partial charge in [-0.2, -0.15) is 0 Å². The zero-order valence-electron chi connectivity index (χ0n) is 13.7. The maximum atomic E-state index is 5.42. The van der Waals surface area contributed by atoms with Gasteiger partial charge < -0.3 is 14.8 Å². The van der Waals surface area contributed by atoms with Gasteiger partial charge in [-0.15, -0.1) is 0 Å². The molecule has 1 aliphatic rings. The summed E-state index contributed by atoms with van der Waals surface area (Å²) in [6, 6.07) is 7.17. The van der Waals surface area contributed by atoms with Gasteiger partial charge in [-0.05, 0) is 51.1 Å². The van der Waals surface area contributed by atoms with Crippen LogP contribution in [0.25, 0.3) is 0 Å². The number of methoxy groups -OCH3 is 2. The lowest BCUT2D eigenvalue weighted by Crippen LogP contribution is -2.42. The Hall–Kier alpha value is -1.26. The summed E-state index contributed by atoms with van der Waals surface area (Å²) in [5.41, 5.74) is 1.24. The molecule has 0 saturated carbocycles. The van der Waals surface area contributed by atoms with Crippen LogP contribution in [0.1, 0.15) is 37.8 Å². The van der Waals surface area contributed by atoms with Crippen molar-refractivity contribution < 1.29 is 9.47 Å². The Kier molecular flexibility index (Phi) is 5.88. The lowest BCUT2D eigenvalue weighted by atomic mass is 10.0. The number of likely N-dealkylation sites (tertiary alicyclic amines) is 1. The molecule has 0 bridgehead atoms. The second kappa shape index (κ2) is 7.66. The summed E-state index contributed by atoms with van der Waals surface area (Å²) in [6.45, 7) is 4.57. The number of hydrogen-bond donors (Lipinski definition) is 1. The van der Waals surface area contributed by atoms with Crippen LogP contribution in [0.3, 0.4) is 0 Å². The van der Waals surface area contributed by atoms with Gasteiger partial charge in [0.15, 0.2) is 11.5 Å². The summed E-state index contributed by atoms with van der Waals surface area (Å²) in [6.07, 6.45) is 3.98. The van der Waals surface area contributed by atoms with Crippen LogP contribution >= 0.6 is 0 Å². The molecule has 0 aromatic heterocycles. The Labute approximate surface area is 128 Å². The molecule has 0 amide bonds. The number of nitrogens with zero attached hydrogens (tertiary/aromatic N) is 1. The Morgan fingerprint density at radius 2 is 2.00 bits per heavy atom. The highest BCUT2D eigenvalue weighted by atomic mass is 16.5. The van der Waals surface area contributed by atoms with Crippen LogP contribution in [-0.2, 0) is 0 Å². The predicted molar refractivity (Wildman–Crippen MR) is 86.2 cm³/mol. The Bertz CT molecular complexity index is 450. The normalized spacial score (nSPS) is 21.0. The van der Waals surface area contributed by atoms with Crippen LogP contribution in [0.5, 0.6) is 11.5 Å². The second-order valence-corrected chi connectivity index (χ2v) is 5.80. The molecule has 2 rings (SSSR count). The number of rotatable bonds is 6. The maximum Gasteiger partial charge on any atom is 0.161 e. The number of benzene rings is 1. The number of nitrogens with one attached hydrogen (secondary N) is 1. The largest absolute Gasteiger partial charge is 0.493 e. The average molecular weight is 292 g/mol. The first kappa shape index (κ1) is 16.1. The predicted octanol–water partition coefficient (Wildman–Crippen LogP) is 2.84. The zero-order chi connectivity index (χ0) is 15.2. The van der Waals surface area contributed by atoms with Crippen LogP contribution in [0, 0.1) is 0 Å². The van der Waals surface area contributed by atoms with Crippen molar-refractivity contribution in [2.24, 2.45) is 0 Å². The lowest BCUT2D eigenvalue weighted by Gasteiger charge is -2.36. The van der Waals surface area contributed by atoms with Gasteiger partial charge in [0.25, 0.3) is 0 Å². The average Bonchev–Trinajstić information content (AvgIpc) is 2.53. The van der Waals surface area contributed by atoms with Gasteiger partial charge in [0.1, 0.15) is 0 Å². The molecule has 1 fully saturated rings. The van der Waals surface area contributed by atoms with Crippen LogP contribution in [0.15, 0.2) is 18.2 Å². The molecule has 1 heterocycles. The van der Waals surface area contributed by atoms with Gasteiger partial charge in [-0.1, -0.05) is 12.5 Å². The van der Waals surface area contributed by atoms with Gasteiger partial charge in [0.05, 0.1) is 14.2 Å². The van der Waals surface area contributed by atoms with Crippen LogP contribution in [0.2, 0.25) is 0 Å². The first-order chi connectivity index (χ1) is 10.2. The Morgan fingerprint density at radius 1 is 1.24 bits per heavy atom. The molecule has 1 aromatic carbocycles. The molecule has 2 atom stereocenters. The molecular formula is C17H28N2O2. The van der Waals surface area contributed by atoms with Crippen molar-refractivity contribution in [3.05, 3.63) is 23.8 Å². The smallest absolute Gasteiger partial charge is 0.161 e. The Morgan fingerprint density at radius 3 is 2.62 bits per heavy atom. The van der Waals surface area contributed by atoms with Gasteiger partial charge in [0.2, 0.25) is 0 Å². The van der Waals surface area contributed by atoms with Crippen molar-refractivity contribution >= 4 is 0 Å². The molecule has 21 heavy (non-hydrogen) atoms. The molecular weight excluding hydrogens is 264 g/mol. The highest BCUT2D eigenvalue weighted by Crippen LogP contribution is 2.30. The van der Waals surface area contributed by atoms with Gasteiger partial charge in [0, 0.05) is 18.6 Å². The highest BCUT2D eigenvalue weighted by Gasteiger charge is 2.22. The Balaban J connectivity index is 2.13. The molecule has 2 unspecified atom stereocenters. The van der Waals surface area contributed by atoms with Crippen LogP contribution in [0.4, 0.5) is 0 Å². The first-order valence-electron chi connectivity index (χ1n) is 7.82. The standard InChI is InChI=1S/C17H28N2O2/c1-13-7-5-6-10-19(13)12-15(18-2)14-8-9-16(20-3)17(11-14)21-4/h8-9,11,13,15,18H,5-7,10,12H2,1-4H3. The quantitative estimate of drug-likeness (QED) is 0.874. The minimum Gasteiger partial charge on any atom is -0.493 e. The first-order valence-corrected chi connectivity index (χ1v) is 7.82. The van der Waals surface area contributed by atoms with E-state index < -0.39 is 0 Å². The molecule has 4 heteroatoms. The number of hydrogen-bond acceptors (Lipinski definition) is 4. The molecule has 0 spiro atoms. The van der Waals surface area contributed by atoms with E-state index in [4.69, 9.17) is 9.47 Å². The fourth-order valence-corrected chi connectivity index (χ4v) is 3.10. The topological polar surface area (TPSA) is 33.7 Å². The molecule has 118 valence electrons. The summed E-state index contributed by atoms with van der Waals surface area (Å²) >= 11 is 0. The van der Waals surface area contributed by atoms with E-state index in [1.54, 1.807) is 14.2 Å². The minimum atomic E-state index is 0.311. The summed E-state index contributed by atoms with van der Waals surface area (Å²) in [5, 5.41) is 3.44. The number of piperidine rings is 1. The summed E-state index contributed by atoms with van der Waals surface area (Å²) < 4.78 is 10.7. The fraction of sp³-hybridized carbons (Fsp3) is 0.647. The fourth-order valence-electron chi connectivity index (χ4n) is 3.10. The number of ether oxygens (including phenoxy) is 2. The third-order valence-corrected chi connectivity index (χ3v) is 4.52. The monoisotopic (exact) mass is 292 g/mol. The van der Waals surface area contributed by atoms with Crippen molar-refractivity contribution in [2.45, 2.75) is 38.3 Å². The van der Waals surface area contributed by atoms with Gasteiger partial charge >= 0.3 is 0 Å². The van der Waals surface area contributed by atoms with E-state index in [2.05, 4.69) is 29.3 Å². The van der Waals surface area contributed by atoms with E-state index in [0.29, 0.717) is 12.1 Å². The van der Waals surface area contributed by atoms with Crippen molar-refractivity contribution in [1.29, 1.82) is 0 Å². The highest BCUT2D eigenvalue weighted by molar-refractivity contribution is 5.43. The summed E-state index contributed by atoms with van der Waals surface area (Å²) in [5.74, 6) is 1.57. The molecule has 0 aliphatic carbocycles. The third-order valence-electron chi connectivity index (χ3n) is 4.52. The van der Waals surface area contributed by atoms with Crippen LogP contribution in [-0.4, -0.2) is 45.3 Å². The van der Waals surface area contributed by atoms with E-state index in [1.165, 1.54) is 31.4 Å². The van der Waals surface area contributed by atoms with E-state index in [1.807, 2.05) is 13.1 Å². The molecule has 1 saturated heterocycles. The molecule has 1 aliphatic heterocycles. The lowest BCUT2D eigenvalue weighted by molar-refractivity contribution is 0.146. The maximum absolute atomic E-state index is 5.42. The van der Waals surface area contributed by atoms with Gasteiger partial charge in [-0.3, -0.25) is 4.90 Å². The summed E-state index contributed by atoms with van der Waals surface area (Å²) in [4.78, 5) is 2.58. The molecule has 4 nitrogen and oxygen atoms in total. The SMILES string of the molecule is CNC(CN1CCCCC1C)c1ccc(OC)c(OC)c1. The van der Waals surface area contributed by atoms with Crippen molar-refractivity contribution in [2.75, 3.05) is 34.4 Å². The van der Waals surface area contributed by atoms with Gasteiger partial charge in [-0.25, -0.2) is 0 Å². The molecule has 1 N–H and O–H groups in total. The van der Waals surface area contributed by atoms with Crippen molar-refractivity contribution in [3.63, 3.8) is 0 Å². The molecule has 1 aromatic rings. The molecule has 0 radical (unpaired) electrons.